The summed E-state index contributed by atoms with van der Waals surface area (Å²) in [5.74, 6) is -0.0682. The molecule has 1 aliphatic rings. The molecule has 0 bridgehead atoms. The first-order valence-electron chi connectivity index (χ1n) is 6.02. The standard InChI is InChI=1S/C12H22N2O3/c1-5-9-11(16)14(7-6-10(15)13-9)12(2,3)8-17-4/h9H,5-8H2,1-4H3,(H,13,15). The summed E-state index contributed by atoms with van der Waals surface area (Å²) in [7, 11) is 1.62. The van der Waals surface area contributed by atoms with Crippen molar-refractivity contribution in [2.24, 2.45) is 0 Å². The van der Waals surface area contributed by atoms with Gasteiger partial charge in [-0.3, -0.25) is 9.59 Å². The maximum atomic E-state index is 12.3. The van der Waals surface area contributed by atoms with Crippen LogP contribution >= 0.6 is 0 Å². The smallest absolute Gasteiger partial charge is 0.245 e. The van der Waals surface area contributed by atoms with Gasteiger partial charge in [-0.05, 0) is 20.3 Å². The van der Waals surface area contributed by atoms with E-state index in [1.165, 1.54) is 0 Å². The zero-order valence-electron chi connectivity index (χ0n) is 11.1. The molecule has 0 aliphatic carbocycles. The second-order valence-corrected chi connectivity index (χ2v) is 5.01. The molecule has 1 rings (SSSR count). The van der Waals surface area contributed by atoms with Crippen molar-refractivity contribution in [2.45, 2.75) is 45.2 Å². The molecule has 0 spiro atoms. The molecule has 2 amide bonds. The Bertz CT molecular complexity index is 302. The van der Waals surface area contributed by atoms with Gasteiger partial charge in [0.1, 0.15) is 6.04 Å². The van der Waals surface area contributed by atoms with Gasteiger partial charge in [-0.1, -0.05) is 6.92 Å². The van der Waals surface area contributed by atoms with Crippen molar-refractivity contribution in [3.8, 4) is 0 Å². The van der Waals surface area contributed by atoms with E-state index in [4.69, 9.17) is 4.74 Å². The first kappa shape index (κ1) is 14.0. The highest BCUT2D eigenvalue weighted by atomic mass is 16.5. The van der Waals surface area contributed by atoms with Gasteiger partial charge in [0, 0.05) is 20.1 Å². The maximum Gasteiger partial charge on any atom is 0.245 e. The number of amides is 2. The number of nitrogens with zero attached hydrogens (tertiary/aromatic N) is 1. The number of hydrogen-bond donors (Lipinski definition) is 1. The molecular formula is C12H22N2O3. The van der Waals surface area contributed by atoms with Gasteiger partial charge >= 0.3 is 0 Å². The van der Waals surface area contributed by atoms with Crippen LogP contribution < -0.4 is 5.32 Å². The van der Waals surface area contributed by atoms with Gasteiger partial charge < -0.3 is 15.0 Å². The molecular weight excluding hydrogens is 220 g/mol. The Morgan fingerprint density at radius 1 is 1.47 bits per heavy atom. The Morgan fingerprint density at radius 3 is 2.65 bits per heavy atom. The second kappa shape index (κ2) is 5.49. The van der Waals surface area contributed by atoms with Crippen LogP contribution in [0.2, 0.25) is 0 Å². The third kappa shape index (κ3) is 3.19. The average molecular weight is 242 g/mol. The Morgan fingerprint density at radius 2 is 2.12 bits per heavy atom. The number of carbonyl (C=O) groups excluding carboxylic acids is 2. The van der Waals surface area contributed by atoms with Crippen molar-refractivity contribution in [1.29, 1.82) is 0 Å². The van der Waals surface area contributed by atoms with Crippen LogP contribution in [0.5, 0.6) is 0 Å². The van der Waals surface area contributed by atoms with E-state index in [1.54, 1.807) is 12.0 Å². The zero-order chi connectivity index (χ0) is 13.1. The fraction of sp³-hybridized carbons (Fsp3) is 0.833. The van der Waals surface area contributed by atoms with Crippen LogP contribution in [0.15, 0.2) is 0 Å². The molecule has 0 radical (unpaired) electrons. The maximum absolute atomic E-state index is 12.3. The van der Waals surface area contributed by atoms with Crippen molar-refractivity contribution < 1.29 is 14.3 Å². The monoisotopic (exact) mass is 242 g/mol. The molecule has 1 unspecified atom stereocenters. The van der Waals surface area contributed by atoms with Gasteiger partial charge in [0.15, 0.2) is 0 Å². The molecule has 0 aromatic heterocycles. The molecule has 1 fully saturated rings. The fourth-order valence-electron chi connectivity index (χ4n) is 2.15. The minimum absolute atomic E-state index is 0.0135. The van der Waals surface area contributed by atoms with Crippen molar-refractivity contribution in [3.63, 3.8) is 0 Å². The highest BCUT2D eigenvalue weighted by Gasteiger charge is 2.37. The Balaban J connectivity index is 2.90. The summed E-state index contributed by atoms with van der Waals surface area (Å²) in [5, 5.41) is 2.75. The quantitative estimate of drug-likeness (QED) is 0.782. The number of hydrogen-bond acceptors (Lipinski definition) is 3. The molecule has 5 nitrogen and oxygen atoms in total. The molecule has 0 aromatic carbocycles. The summed E-state index contributed by atoms with van der Waals surface area (Å²) >= 11 is 0. The lowest BCUT2D eigenvalue weighted by atomic mass is 10.0. The number of rotatable bonds is 4. The van der Waals surface area contributed by atoms with Crippen LogP contribution in [0.4, 0.5) is 0 Å². The number of nitrogens with one attached hydrogen (secondary N) is 1. The normalized spacial score (nSPS) is 22.4. The molecule has 1 N–H and O–H groups in total. The van der Waals surface area contributed by atoms with Gasteiger partial charge in [-0.25, -0.2) is 0 Å². The predicted octanol–water partition coefficient (Wildman–Crippen LogP) is 0.538. The van der Waals surface area contributed by atoms with Crippen LogP contribution in [0.1, 0.15) is 33.6 Å². The summed E-state index contributed by atoms with van der Waals surface area (Å²) < 4.78 is 5.15. The van der Waals surface area contributed by atoms with Crippen molar-refractivity contribution >= 4 is 11.8 Å². The van der Waals surface area contributed by atoms with Gasteiger partial charge in [-0.2, -0.15) is 0 Å². The minimum atomic E-state index is -0.402. The molecule has 17 heavy (non-hydrogen) atoms. The summed E-state index contributed by atoms with van der Waals surface area (Å²) in [5.41, 5.74) is -0.383. The van der Waals surface area contributed by atoms with E-state index in [0.717, 1.165) is 0 Å². The number of methoxy groups -OCH3 is 1. The van der Waals surface area contributed by atoms with Gasteiger partial charge in [-0.15, -0.1) is 0 Å². The molecule has 5 heteroatoms. The average Bonchev–Trinajstić information content (AvgIpc) is 2.38. The third-order valence-electron chi connectivity index (χ3n) is 3.10. The van der Waals surface area contributed by atoms with Crippen LogP contribution in [0.25, 0.3) is 0 Å². The first-order valence-corrected chi connectivity index (χ1v) is 6.02. The predicted molar refractivity (Wildman–Crippen MR) is 64.5 cm³/mol. The number of carbonyl (C=O) groups is 2. The summed E-state index contributed by atoms with van der Waals surface area (Å²) in [6.07, 6.45) is 0.972. The fourth-order valence-corrected chi connectivity index (χ4v) is 2.15. The largest absolute Gasteiger partial charge is 0.382 e. The molecule has 0 aromatic rings. The number of ether oxygens (including phenoxy) is 1. The Kier molecular flexibility index (Phi) is 4.51. The van der Waals surface area contributed by atoms with E-state index < -0.39 is 6.04 Å². The molecule has 1 atom stereocenters. The molecule has 1 saturated heterocycles. The highest BCUT2D eigenvalue weighted by molar-refractivity contribution is 5.90. The van der Waals surface area contributed by atoms with Crippen molar-refractivity contribution in [3.05, 3.63) is 0 Å². The topological polar surface area (TPSA) is 58.6 Å². The highest BCUT2D eigenvalue weighted by Crippen LogP contribution is 2.19. The van der Waals surface area contributed by atoms with E-state index in [0.29, 0.717) is 26.0 Å². The SMILES string of the molecule is CCC1NC(=O)CCN(C(C)(C)COC)C1=O. The second-order valence-electron chi connectivity index (χ2n) is 5.01. The lowest BCUT2D eigenvalue weighted by Crippen LogP contribution is -2.54. The van der Waals surface area contributed by atoms with E-state index in [2.05, 4.69) is 5.32 Å². The Labute approximate surface area is 102 Å². The van der Waals surface area contributed by atoms with E-state index in [-0.39, 0.29) is 17.4 Å². The van der Waals surface area contributed by atoms with Crippen molar-refractivity contribution in [1.82, 2.24) is 10.2 Å². The summed E-state index contributed by atoms with van der Waals surface area (Å²) in [4.78, 5) is 25.6. The first-order chi connectivity index (χ1) is 7.92. The summed E-state index contributed by atoms with van der Waals surface area (Å²) in [6, 6.07) is -0.402. The van der Waals surface area contributed by atoms with Gasteiger partial charge in [0.2, 0.25) is 11.8 Å². The molecule has 0 saturated carbocycles. The van der Waals surface area contributed by atoms with Crippen LogP contribution in [0.3, 0.4) is 0 Å². The van der Waals surface area contributed by atoms with Gasteiger partial charge in [0.25, 0.3) is 0 Å². The minimum Gasteiger partial charge on any atom is -0.382 e. The third-order valence-corrected chi connectivity index (χ3v) is 3.10. The Hall–Kier alpha value is -1.10. The summed E-state index contributed by atoms with van der Waals surface area (Å²) in [6.45, 7) is 6.73. The van der Waals surface area contributed by atoms with Crippen molar-refractivity contribution in [2.75, 3.05) is 20.3 Å². The molecule has 98 valence electrons. The zero-order valence-corrected chi connectivity index (χ0v) is 11.1. The van der Waals surface area contributed by atoms with Crippen LogP contribution in [-0.2, 0) is 14.3 Å². The van der Waals surface area contributed by atoms with E-state index >= 15 is 0 Å². The molecule has 1 aliphatic heterocycles. The van der Waals surface area contributed by atoms with Crippen LogP contribution in [-0.4, -0.2) is 48.6 Å². The van der Waals surface area contributed by atoms with Gasteiger partial charge in [0.05, 0.1) is 12.1 Å². The van der Waals surface area contributed by atoms with Crippen LogP contribution in [0, 0.1) is 0 Å². The lowest BCUT2D eigenvalue weighted by molar-refractivity contribution is -0.140. The molecule has 1 heterocycles. The van der Waals surface area contributed by atoms with E-state index in [1.807, 2.05) is 20.8 Å². The lowest BCUT2D eigenvalue weighted by Gasteiger charge is -2.38. The van der Waals surface area contributed by atoms with E-state index in [9.17, 15) is 9.59 Å².